The second kappa shape index (κ2) is 2.98. The highest BCUT2D eigenvalue weighted by Gasteiger charge is 2.07. The molecule has 0 N–H and O–H groups in total. The summed E-state index contributed by atoms with van der Waals surface area (Å²) in [5, 5.41) is 7.20. The lowest BCUT2D eigenvalue weighted by atomic mass is 10.4. The van der Waals surface area contributed by atoms with E-state index in [-0.39, 0.29) is 0 Å². The van der Waals surface area contributed by atoms with E-state index in [1.165, 1.54) is 6.20 Å². The highest BCUT2D eigenvalue weighted by molar-refractivity contribution is 6.61. The van der Waals surface area contributed by atoms with E-state index in [1.807, 2.05) is 0 Å². The van der Waals surface area contributed by atoms with Crippen molar-refractivity contribution in [2.45, 2.75) is 0 Å². The summed E-state index contributed by atoms with van der Waals surface area (Å²) >= 11 is 4.99. The minimum Gasteiger partial charge on any atom is -0.300 e. The topological polar surface area (TPSA) is 69.9 Å². The number of carbonyl (C=O) groups is 1. The lowest BCUT2D eigenvalue weighted by Gasteiger charge is -1.95. The zero-order valence-corrected chi connectivity index (χ0v) is 6.97. The molecule has 2 rings (SSSR count). The van der Waals surface area contributed by atoms with Gasteiger partial charge >= 0.3 is 5.43 Å². The maximum Gasteiger partial charge on any atom is 0.429 e. The van der Waals surface area contributed by atoms with Crippen LogP contribution in [0.15, 0.2) is 18.3 Å². The molecule has 0 aliphatic heterocycles. The minimum atomic E-state index is -0.988. The quantitative estimate of drug-likeness (QED) is 0.496. The molecule has 0 radical (unpaired) electrons. The van der Waals surface area contributed by atoms with Crippen LogP contribution < -0.4 is 4.84 Å². The van der Waals surface area contributed by atoms with Gasteiger partial charge in [-0.05, 0) is 22.2 Å². The van der Waals surface area contributed by atoms with E-state index in [0.717, 1.165) is 4.85 Å². The van der Waals surface area contributed by atoms with Crippen molar-refractivity contribution in [3.63, 3.8) is 0 Å². The van der Waals surface area contributed by atoms with E-state index < -0.39 is 5.43 Å². The fourth-order valence-corrected chi connectivity index (χ4v) is 0.940. The third-order valence-electron chi connectivity index (χ3n) is 1.34. The van der Waals surface area contributed by atoms with Crippen LogP contribution in [0.3, 0.4) is 0 Å². The monoisotopic (exact) mass is 198 g/mol. The molecule has 13 heavy (non-hydrogen) atoms. The summed E-state index contributed by atoms with van der Waals surface area (Å²) < 4.78 is 0. The minimum absolute atomic E-state index is 0.344. The molecule has 0 saturated heterocycles. The number of rotatable bonds is 1. The van der Waals surface area contributed by atoms with Crippen molar-refractivity contribution in [2.24, 2.45) is 0 Å². The Morgan fingerprint density at radius 2 is 2.46 bits per heavy atom. The Balaban J connectivity index is 2.51. The van der Waals surface area contributed by atoms with Crippen LogP contribution in [0.25, 0.3) is 11.2 Å². The summed E-state index contributed by atoms with van der Waals surface area (Å²) in [7, 11) is 0. The number of halogens is 1. The highest BCUT2D eigenvalue weighted by atomic mass is 35.5. The third kappa shape index (κ3) is 1.43. The largest absolute Gasteiger partial charge is 0.429 e. The van der Waals surface area contributed by atoms with Gasteiger partial charge in [-0.25, -0.2) is 9.78 Å². The number of hydrogen-bond donors (Lipinski definition) is 0. The molecule has 0 fully saturated rings. The molecule has 0 aromatic carbocycles. The second-order valence-corrected chi connectivity index (χ2v) is 2.45. The number of nitrogens with zero attached hydrogens (tertiary/aromatic N) is 4. The van der Waals surface area contributed by atoms with Crippen LogP contribution in [-0.2, 0) is 0 Å². The van der Waals surface area contributed by atoms with Crippen molar-refractivity contribution in [1.82, 2.24) is 20.1 Å². The second-order valence-electron chi connectivity index (χ2n) is 2.14. The summed E-state index contributed by atoms with van der Waals surface area (Å²) in [6.45, 7) is 0. The zero-order chi connectivity index (χ0) is 9.26. The van der Waals surface area contributed by atoms with E-state index in [2.05, 4.69) is 20.1 Å². The molecule has 0 amide bonds. The van der Waals surface area contributed by atoms with Crippen LogP contribution in [0.1, 0.15) is 0 Å². The predicted molar refractivity (Wildman–Crippen MR) is 43.2 cm³/mol. The Labute approximate surface area is 77.0 Å². The summed E-state index contributed by atoms with van der Waals surface area (Å²) in [5.74, 6) is 0. The Hall–Kier alpha value is -1.69. The van der Waals surface area contributed by atoms with Crippen LogP contribution >= 0.6 is 11.6 Å². The molecule has 0 bridgehead atoms. The molecule has 0 saturated carbocycles. The number of fused-ring (bicyclic) bond motifs is 1. The molecule has 0 aliphatic rings. The van der Waals surface area contributed by atoms with Gasteiger partial charge in [-0.15, -0.1) is 5.10 Å². The van der Waals surface area contributed by atoms with Crippen LogP contribution in [0.4, 0.5) is 4.79 Å². The van der Waals surface area contributed by atoms with E-state index in [4.69, 9.17) is 11.6 Å². The van der Waals surface area contributed by atoms with Gasteiger partial charge in [-0.2, -0.15) is 0 Å². The molecule has 0 unspecified atom stereocenters. The molecule has 2 aromatic heterocycles. The number of aromatic nitrogens is 4. The van der Waals surface area contributed by atoms with Gasteiger partial charge in [-0.3, -0.25) is 4.84 Å². The molecule has 2 heterocycles. The van der Waals surface area contributed by atoms with Crippen LogP contribution in [0.5, 0.6) is 0 Å². The van der Waals surface area contributed by atoms with Gasteiger partial charge in [-0.1, -0.05) is 0 Å². The summed E-state index contributed by atoms with van der Waals surface area (Å²) in [4.78, 5) is 19.6. The summed E-state index contributed by atoms with van der Waals surface area (Å²) in [6, 6.07) is 3.39. The lowest BCUT2D eigenvalue weighted by Crippen LogP contribution is -2.15. The van der Waals surface area contributed by atoms with Crippen molar-refractivity contribution in [3.8, 4) is 0 Å². The fourth-order valence-electron chi connectivity index (χ4n) is 0.875. The van der Waals surface area contributed by atoms with E-state index in [1.54, 1.807) is 12.1 Å². The molecule has 2 aromatic rings. The average molecular weight is 199 g/mol. The highest BCUT2D eigenvalue weighted by Crippen LogP contribution is 2.04. The van der Waals surface area contributed by atoms with Crippen LogP contribution in [0, 0.1) is 0 Å². The maximum atomic E-state index is 10.4. The number of carbonyl (C=O) groups excluding carboxylic acids is 1. The zero-order valence-electron chi connectivity index (χ0n) is 6.22. The van der Waals surface area contributed by atoms with Crippen molar-refractivity contribution >= 4 is 28.2 Å². The molecular formula is C6H3ClN4O2. The Morgan fingerprint density at radius 1 is 1.62 bits per heavy atom. The first-order chi connectivity index (χ1) is 6.27. The number of hydrogen-bond acceptors (Lipinski definition) is 5. The van der Waals surface area contributed by atoms with E-state index in [0.29, 0.717) is 11.2 Å². The molecule has 0 aliphatic carbocycles. The molecule has 6 nitrogen and oxygen atoms in total. The van der Waals surface area contributed by atoms with Gasteiger partial charge in [0, 0.05) is 17.8 Å². The SMILES string of the molecule is O=C(Cl)On1nnc2cccnc21. The third-order valence-corrected chi connectivity index (χ3v) is 1.41. The molecular weight excluding hydrogens is 196 g/mol. The standard InChI is InChI=1S/C6H3ClN4O2/c7-6(12)13-11-5-4(9-10-11)2-1-3-8-5/h1-3H. The van der Waals surface area contributed by atoms with Gasteiger partial charge in [0.2, 0.25) is 5.65 Å². The molecule has 7 heteroatoms. The van der Waals surface area contributed by atoms with Gasteiger partial charge in [0.25, 0.3) is 0 Å². The first-order valence-corrected chi connectivity index (χ1v) is 3.69. The van der Waals surface area contributed by atoms with Crippen molar-refractivity contribution < 1.29 is 9.63 Å². The fraction of sp³-hybridized carbons (Fsp3) is 0. The van der Waals surface area contributed by atoms with Crippen LogP contribution in [0.2, 0.25) is 0 Å². The van der Waals surface area contributed by atoms with Gasteiger partial charge in [0.1, 0.15) is 5.52 Å². The smallest absolute Gasteiger partial charge is 0.300 e. The average Bonchev–Trinajstić information content (AvgIpc) is 2.48. The van der Waals surface area contributed by atoms with Crippen LogP contribution in [-0.4, -0.2) is 25.6 Å². The maximum absolute atomic E-state index is 10.4. The molecule has 0 spiro atoms. The van der Waals surface area contributed by atoms with Crippen molar-refractivity contribution in [3.05, 3.63) is 18.3 Å². The van der Waals surface area contributed by atoms with Crippen molar-refractivity contribution in [1.29, 1.82) is 0 Å². The number of pyridine rings is 1. The van der Waals surface area contributed by atoms with Gasteiger partial charge in [0.05, 0.1) is 0 Å². The normalized spacial score (nSPS) is 10.2. The Kier molecular flexibility index (Phi) is 1.82. The summed E-state index contributed by atoms with van der Waals surface area (Å²) in [6.07, 6.45) is 1.53. The Morgan fingerprint density at radius 3 is 3.23 bits per heavy atom. The molecule has 0 atom stereocenters. The first-order valence-electron chi connectivity index (χ1n) is 3.31. The van der Waals surface area contributed by atoms with Gasteiger partial charge < -0.3 is 0 Å². The van der Waals surface area contributed by atoms with E-state index >= 15 is 0 Å². The Bertz CT molecular complexity index is 455. The first kappa shape index (κ1) is 7.93. The lowest BCUT2D eigenvalue weighted by molar-refractivity contribution is 0.143. The van der Waals surface area contributed by atoms with E-state index in [9.17, 15) is 4.79 Å². The van der Waals surface area contributed by atoms with Gasteiger partial charge in [0.15, 0.2) is 0 Å². The molecule has 66 valence electrons. The van der Waals surface area contributed by atoms with Crippen molar-refractivity contribution in [2.75, 3.05) is 0 Å². The summed E-state index contributed by atoms with van der Waals surface area (Å²) in [5.41, 5.74) is -0.116. The predicted octanol–water partition coefficient (Wildman–Crippen LogP) is 0.614.